The van der Waals surface area contributed by atoms with E-state index in [0.29, 0.717) is 5.56 Å². The van der Waals surface area contributed by atoms with Gasteiger partial charge < -0.3 is 10.7 Å². The Morgan fingerprint density at radius 1 is 1.07 bits per heavy atom. The summed E-state index contributed by atoms with van der Waals surface area (Å²) in [6, 6.07) is 16.4. The van der Waals surface area contributed by atoms with Crippen molar-refractivity contribution < 1.29 is 4.79 Å². The van der Waals surface area contributed by atoms with Crippen LogP contribution in [0.5, 0.6) is 0 Å². The molecule has 28 heavy (non-hydrogen) atoms. The predicted octanol–water partition coefficient (Wildman–Crippen LogP) is 4.38. The Kier molecular flexibility index (Phi) is 5.58. The van der Waals surface area contributed by atoms with Crippen LogP contribution in [-0.4, -0.2) is 35.4 Å². The Hall–Kier alpha value is -2.85. The first-order chi connectivity index (χ1) is 13.7. The number of nitrogens with one attached hydrogen (secondary N) is 1. The number of fused-ring (bicyclic) bond motifs is 1. The van der Waals surface area contributed by atoms with E-state index < -0.39 is 0 Å². The Morgan fingerprint density at radius 3 is 2.68 bits per heavy atom. The molecule has 0 aliphatic carbocycles. The molecule has 0 bridgehead atoms. The normalized spacial score (nSPS) is 14.9. The van der Waals surface area contributed by atoms with Gasteiger partial charge in [0.05, 0.1) is 0 Å². The average Bonchev–Trinajstić information content (AvgIpc) is 3.15. The summed E-state index contributed by atoms with van der Waals surface area (Å²) in [6.07, 6.45) is 8.73. The quantitative estimate of drug-likeness (QED) is 0.604. The number of H-pyrrole nitrogens is 1. The van der Waals surface area contributed by atoms with Crippen molar-refractivity contribution >= 4 is 22.4 Å². The number of hydrogen-bond donors (Lipinski definition) is 2. The smallest absolute Gasteiger partial charge is 0.249 e. The molecule has 0 saturated carbocycles. The fourth-order valence-electron chi connectivity index (χ4n) is 4.14. The molecule has 2 heterocycles. The largest absolute Gasteiger partial charge is 0.366 e. The number of rotatable bonds is 7. The maximum absolute atomic E-state index is 11.7. The van der Waals surface area contributed by atoms with Crippen molar-refractivity contribution in [3.63, 3.8) is 0 Å². The lowest BCUT2D eigenvalue weighted by atomic mass is 9.99. The number of aromatic amines is 1. The zero-order valence-corrected chi connectivity index (χ0v) is 16.2. The molecule has 2 aromatic carbocycles. The van der Waals surface area contributed by atoms with Crippen LogP contribution in [0.1, 0.15) is 40.7 Å². The van der Waals surface area contributed by atoms with E-state index in [0.717, 1.165) is 56.2 Å². The molecule has 0 unspecified atom stereocenters. The average molecular weight is 374 g/mol. The van der Waals surface area contributed by atoms with Crippen LogP contribution in [0.2, 0.25) is 0 Å². The molecule has 0 fully saturated rings. The predicted molar refractivity (Wildman–Crippen MR) is 115 cm³/mol. The van der Waals surface area contributed by atoms with Crippen molar-refractivity contribution in [3.8, 4) is 0 Å². The van der Waals surface area contributed by atoms with E-state index in [1.54, 1.807) is 0 Å². The molecule has 144 valence electrons. The van der Waals surface area contributed by atoms with Gasteiger partial charge in [-0.05, 0) is 61.1 Å². The van der Waals surface area contributed by atoms with Gasteiger partial charge in [-0.1, -0.05) is 42.5 Å². The maximum Gasteiger partial charge on any atom is 0.249 e. The monoisotopic (exact) mass is 373 g/mol. The standard InChI is InChI=1S/C24H27N3O/c25-24(28)21-10-6-11-22-23(21)20(17-26-22)9-4-5-14-27-15-12-19(13-16-27)18-7-2-1-3-8-18/h1-3,6-8,10-12,17,26H,4-5,9,13-16H2,(H2,25,28). The number of carbonyl (C=O) groups excluding carboxylic acids is 1. The molecule has 1 aromatic heterocycles. The molecule has 0 saturated heterocycles. The summed E-state index contributed by atoms with van der Waals surface area (Å²) < 4.78 is 0. The van der Waals surface area contributed by atoms with Crippen LogP contribution in [0.15, 0.2) is 60.8 Å². The van der Waals surface area contributed by atoms with E-state index in [1.807, 2.05) is 24.4 Å². The van der Waals surface area contributed by atoms with Crippen molar-refractivity contribution in [3.05, 3.63) is 77.5 Å². The number of carbonyl (C=O) groups is 1. The van der Waals surface area contributed by atoms with Crippen molar-refractivity contribution in [2.24, 2.45) is 5.73 Å². The van der Waals surface area contributed by atoms with Gasteiger partial charge in [0.2, 0.25) is 5.91 Å². The molecule has 4 nitrogen and oxygen atoms in total. The van der Waals surface area contributed by atoms with Gasteiger partial charge in [0.1, 0.15) is 0 Å². The third kappa shape index (κ3) is 4.02. The Balaban J connectivity index is 1.30. The summed E-state index contributed by atoms with van der Waals surface area (Å²) in [7, 11) is 0. The SMILES string of the molecule is NC(=O)c1cccc2[nH]cc(CCCCN3CC=C(c4ccccc4)CC3)c12. The number of benzene rings is 2. The first-order valence-corrected chi connectivity index (χ1v) is 10.1. The summed E-state index contributed by atoms with van der Waals surface area (Å²) in [5, 5.41) is 0.989. The number of unbranched alkanes of at least 4 members (excludes halogenated alkanes) is 1. The third-order valence-electron chi connectivity index (χ3n) is 5.66. The fourth-order valence-corrected chi connectivity index (χ4v) is 4.14. The van der Waals surface area contributed by atoms with Crippen LogP contribution < -0.4 is 5.73 Å². The fraction of sp³-hybridized carbons (Fsp3) is 0.292. The number of nitrogens with zero attached hydrogens (tertiary/aromatic N) is 1. The summed E-state index contributed by atoms with van der Waals surface area (Å²) in [5.74, 6) is -0.360. The Morgan fingerprint density at radius 2 is 1.93 bits per heavy atom. The van der Waals surface area contributed by atoms with Crippen molar-refractivity contribution in [1.82, 2.24) is 9.88 Å². The number of hydrogen-bond acceptors (Lipinski definition) is 2. The number of nitrogens with two attached hydrogens (primary N) is 1. The van der Waals surface area contributed by atoms with E-state index in [1.165, 1.54) is 16.7 Å². The molecule has 0 radical (unpaired) electrons. The van der Waals surface area contributed by atoms with E-state index in [-0.39, 0.29) is 5.91 Å². The zero-order valence-electron chi connectivity index (χ0n) is 16.2. The zero-order chi connectivity index (χ0) is 19.3. The second kappa shape index (κ2) is 8.44. The highest BCUT2D eigenvalue weighted by Gasteiger charge is 2.14. The highest BCUT2D eigenvalue weighted by molar-refractivity contribution is 6.06. The van der Waals surface area contributed by atoms with Crippen molar-refractivity contribution in [2.45, 2.75) is 25.7 Å². The van der Waals surface area contributed by atoms with Crippen molar-refractivity contribution in [1.29, 1.82) is 0 Å². The van der Waals surface area contributed by atoms with Gasteiger partial charge in [-0.2, -0.15) is 0 Å². The first kappa shape index (κ1) is 18.5. The van der Waals surface area contributed by atoms with Gasteiger partial charge in [-0.3, -0.25) is 9.69 Å². The molecule has 3 N–H and O–H groups in total. The lowest BCUT2D eigenvalue weighted by Crippen LogP contribution is -2.29. The molecule has 0 atom stereocenters. The minimum absolute atomic E-state index is 0.360. The van der Waals surface area contributed by atoms with Crippen LogP contribution in [0, 0.1) is 0 Å². The van der Waals surface area contributed by atoms with Crippen LogP contribution >= 0.6 is 0 Å². The van der Waals surface area contributed by atoms with Crippen LogP contribution in [0.4, 0.5) is 0 Å². The first-order valence-electron chi connectivity index (χ1n) is 10.1. The topological polar surface area (TPSA) is 62.1 Å². The molecule has 1 aliphatic rings. The molecule has 1 aliphatic heterocycles. The second-order valence-corrected chi connectivity index (χ2v) is 7.51. The third-order valence-corrected chi connectivity index (χ3v) is 5.66. The summed E-state index contributed by atoms with van der Waals surface area (Å²) in [6.45, 7) is 3.27. The molecule has 4 rings (SSSR count). The summed E-state index contributed by atoms with van der Waals surface area (Å²) in [4.78, 5) is 17.5. The number of primary amides is 1. The molecule has 4 heteroatoms. The van der Waals surface area contributed by atoms with Gasteiger partial charge >= 0.3 is 0 Å². The van der Waals surface area contributed by atoms with Gasteiger partial charge in [0.15, 0.2) is 0 Å². The van der Waals surface area contributed by atoms with Crippen LogP contribution in [0.25, 0.3) is 16.5 Å². The van der Waals surface area contributed by atoms with Crippen LogP contribution in [-0.2, 0) is 6.42 Å². The maximum atomic E-state index is 11.7. The number of amides is 1. The number of aromatic nitrogens is 1. The van der Waals surface area contributed by atoms with E-state index >= 15 is 0 Å². The highest BCUT2D eigenvalue weighted by Crippen LogP contribution is 2.25. The summed E-state index contributed by atoms with van der Waals surface area (Å²) >= 11 is 0. The van der Waals surface area contributed by atoms with E-state index in [4.69, 9.17) is 5.73 Å². The lowest BCUT2D eigenvalue weighted by Gasteiger charge is -2.26. The van der Waals surface area contributed by atoms with Gasteiger partial charge in [0, 0.05) is 35.8 Å². The van der Waals surface area contributed by atoms with Gasteiger partial charge in [-0.25, -0.2) is 0 Å². The Bertz CT molecular complexity index is 988. The minimum atomic E-state index is -0.360. The van der Waals surface area contributed by atoms with E-state index in [2.05, 4.69) is 46.3 Å². The highest BCUT2D eigenvalue weighted by atomic mass is 16.1. The molecule has 0 spiro atoms. The summed E-state index contributed by atoms with van der Waals surface area (Å²) in [5.41, 5.74) is 11.2. The Labute approximate surface area is 166 Å². The number of aryl methyl sites for hydroxylation is 1. The molecular formula is C24H27N3O. The van der Waals surface area contributed by atoms with Gasteiger partial charge in [0.25, 0.3) is 0 Å². The van der Waals surface area contributed by atoms with E-state index in [9.17, 15) is 4.79 Å². The molecule has 3 aromatic rings. The lowest BCUT2D eigenvalue weighted by molar-refractivity contribution is 0.100. The molecule has 1 amide bonds. The molecular weight excluding hydrogens is 346 g/mol. The van der Waals surface area contributed by atoms with Gasteiger partial charge in [-0.15, -0.1) is 0 Å². The second-order valence-electron chi connectivity index (χ2n) is 7.51. The van der Waals surface area contributed by atoms with Crippen molar-refractivity contribution in [2.75, 3.05) is 19.6 Å². The minimum Gasteiger partial charge on any atom is -0.366 e. The van der Waals surface area contributed by atoms with Crippen LogP contribution in [0.3, 0.4) is 0 Å².